The third-order valence-corrected chi connectivity index (χ3v) is 4.39. The topological polar surface area (TPSA) is 32.8 Å². The van der Waals surface area contributed by atoms with E-state index in [0.29, 0.717) is 27.9 Å². The third kappa shape index (κ3) is 3.82. The summed E-state index contributed by atoms with van der Waals surface area (Å²) in [5.74, 6) is 0.167. The lowest BCUT2D eigenvalue weighted by molar-refractivity contribution is 0.0779. The minimum absolute atomic E-state index is 0.168. The summed E-state index contributed by atoms with van der Waals surface area (Å²) in [5.41, 5.74) is 0.329. The molecule has 116 valence electrons. The maximum atomic E-state index is 12.6. The summed E-state index contributed by atoms with van der Waals surface area (Å²) in [7, 11) is 3.26. The Hall–Kier alpha value is -0.970. The van der Waals surface area contributed by atoms with E-state index in [1.54, 1.807) is 24.1 Å². The van der Waals surface area contributed by atoms with Gasteiger partial charge >= 0.3 is 0 Å². The number of carbonyl (C=O) groups is 1. The van der Waals surface area contributed by atoms with Crippen molar-refractivity contribution >= 4 is 29.1 Å². The molecule has 1 fully saturated rings. The third-order valence-electron chi connectivity index (χ3n) is 3.77. The highest BCUT2D eigenvalue weighted by molar-refractivity contribution is 6.37. The molecule has 1 aliphatic heterocycles. The smallest absolute Gasteiger partial charge is 0.258 e. The van der Waals surface area contributed by atoms with Crippen molar-refractivity contribution in [3.8, 4) is 5.75 Å². The molecule has 1 aromatic carbocycles. The minimum Gasteiger partial charge on any atom is -0.494 e. The lowest BCUT2D eigenvalue weighted by Crippen LogP contribution is -2.35. The number of nitrogens with zero attached hydrogens (tertiary/aromatic N) is 2. The summed E-state index contributed by atoms with van der Waals surface area (Å²) in [5, 5.41) is 0.743. The Morgan fingerprint density at radius 3 is 2.52 bits per heavy atom. The van der Waals surface area contributed by atoms with Gasteiger partial charge in [0.15, 0.2) is 5.75 Å². The molecule has 0 unspecified atom stereocenters. The molecule has 21 heavy (non-hydrogen) atoms. The van der Waals surface area contributed by atoms with Crippen LogP contribution in [0.4, 0.5) is 0 Å². The van der Waals surface area contributed by atoms with Gasteiger partial charge in [0.05, 0.1) is 17.2 Å². The van der Waals surface area contributed by atoms with Gasteiger partial charge in [-0.05, 0) is 38.1 Å². The van der Waals surface area contributed by atoms with Gasteiger partial charge in [0.25, 0.3) is 5.91 Å². The van der Waals surface area contributed by atoms with Crippen LogP contribution in [0.1, 0.15) is 23.2 Å². The first-order valence-electron chi connectivity index (χ1n) is 7.04. The van der Waals surface area contributed by atoms with Crippen LogP contribution in [0.3, 0.4) is 0 Å². The summed E-state index contributed by atoms with van der Waals surface area (Å²) in [6.45, 7) is 3.76. The number of hydrogen-bond acceptors (Lipinski definition) is 3. The van der Waals surface area contributed by atoms with E-state index in [2.05, 4.69) is 4.90 Å². The lowest BCUT2D eigenvalue weighted by atomic mass is 10.1. The monoisotopic (exact) mass is 330 g/mol. The van der Waals surface area contributed by atoms with E-state index in [0.717, 1.165) is 19.6 Å². The Morgan fingerprint density at radius 2 is 1.90 bits per heavy atom. The average molecular weight is 331 g/mol. The summed E-state index contributed by atoms with van der Waals surface area (Å²) >= 11 is 12.2. The van der Waals surface area contributed by atoms with E-state index in [4.69, 9.17) is 27.9 Å². The van der Waals surface area contributed by atoms with Gasteiger partial charge in [-0.25, -0.2) is 0 Å². The fraction of sp³-hybridized carbons (Fsp3) is 0.533. The van der Waals surface area contributed by atoms with Crippen LogP contribution in [-0.4, -0.2) is 56.0 Å². The van der Waals surface area contributed by atoms with E-state index in [1.165, 1.54) is 20.0 Å². The number of likely N-dealkylation sites (N-methyl/N-ethyl adjacent to an activating group) is 1. The second kappa shape index (κ2) is 7.34. The van der Waals surface area contributed by atoms with Crippen molar-refractivity contribution in [3.63, 3.8) is 0 Å². The van der Waals surface area contributed by atoms with Crippen LogP contribution in [0.5, 0.6) is 5.75 Å². The van der Waals surface area contributed by atoms with Crippen LogP contribution >= 0.6 is 23.2 Å². The van der Waals surface area contributed by atoms with E-state index in [9.17, 15) is 4.79 Å². The molecule has 6 heteroatoms. The first kappa shape index (κ1) is 16.4. The zero-order valence-electron chi connectivity index (χ0n) is 12.4. The number of amides is 1. The summed E-state index contributed by atoms with van der Waals surface area (Å²) in [6, 6.07) is 3.25. The molecule has 1 saturated heterocycles. The molecule has 0 atom stereocenters. The van der Waals surface area contributed by atoms with Crippen molar-refractivity contribution < 1.29 is 9.53 Å². The van der Waals surface area contributed by atoms with Crippen molar-refractivity contribution in [2.75, 3.05) is 40.3 Å². The number of rotatable bonds is 5. The molecule has 1 heterocycles. The van der Waals surface area contributed by atoms with Gasteiger partial charge in [-0.1, -0.05) is 23.2 Å². The van der Waals surface area contributed by atoms with Gasteiger partial charge in [0.1, 0.15) is 5.56 Å². The second-order valence-corrected chi connectivity index (χ2v) is 6.03. The van der Waals surface area contributed by atoms with E-state index in [-0.39, 0.29) is 5.91 Å². The largest absolute Gasteiger partial charge is 0.494 e. The van der Waals surface area contributed by atoms with Gasteiger partial charge in [-0.2, -0.15) is 0 Å². The Morgan fingerprint density at radius 1 is 1.29 bits per heavy atom. The molecule has 0 saturated carbocycles. The number of carbonyl (C=O) groups excluding carboxylic acids is 1. The van der Waals surface area contributed by atoms with Gasteiger partial charge < -0.3 is 14.5 Å². The van der Waals surface area contributed by atoms with Crippen molar-refractivity contribution in [1.29, 1.82) is 0 Å². The predicted molar refractivity (Wildman–Crippen MR) is 85.6 cm³/mol. The highest BCUT2D eigenvalue weighted by atomic mass is 35.5. The molecule has 2 rings (SSSR count). The Bertz CT molecular complexity index is 517. The van der Waals surface area contributed by atoms with Crippen molar-refractivity contribution in [2.45, 2.75) is 12.8 Å². The number of benzene rings is 1. The highest BCUT2D eigenvalue weighted by Crippen LogP contribution is 2.34. The maximum Gasteiger partial charge on any atom is 0.258 e. The molecule has 0 bridgehead atoms. The SMILES string of the molecule is COc1c(Cl)ccc(Cl)c1C(=O)N(C)CCN1CCCC1. The van der Waals surface area contributed by atoms with E-state index in [1.807, 2.05) is 0 Å². The lowest BCUT2D eigenvalue weighted by Gasteiger charge is -2.23. The van der Waals surface area contributed by atoms with Crippen molar-refractivity contribution in [1.82, 2.24) is 9.80 Å². The number of hydrogen-bond donors (Lipinski definition) is 0. The van der Waals surface area contributed by atoms with Crippen LogP contribution in [0.15, 0.2) is 12.1 Å². The molecule has 1 aliphatic rings. The molecule has 0 radical (unpaired) electrons. The number of ether oxygens (including phenoxy) is 1. The molecule has 1 amide bonds. The molecular weight excluding hydrogens is 311 g/mol. The summed E-state index contributed by atoms with van der Waals surface area (Å²) in [6.07, 6.45) is 2.48. The molecule has 4 nitrogen and oxygen atoms in total. The second-order valence-electron chi connectivity index (χ2n) is 5.21. The minimum atomic E-state index is -0.168. The zero-order valence-corrected chi connectivity index (χ0v) is 13.9. The average Bonchev–Trinajstić information content (AvgIpc) is 2.99. The van der Waals surface area contributed by atoms with Crippen molar-refractivity contribution in [3.05, 3.63) is 27.7 Å². The van der Waals surface area contributed by atoms with Crippen LogP contribution < -0.4 is 4.74 Å². The van der Waals surface area contributed by atoms with E-state index >= 15 is 0 Å². The van der Waals surface area contributed by atoms with Gasteiger partial charge in [0.2, 0.25) is 0 Å². The number of likely N-dealkylation sites (tertiary alicyclic amines) is 1. The van der Waals surface area contributed by atoms with Crippen LogP contribution in [0.2, 0.25) is 10.0 Å². The number of halogens is 2. The molecule has 0 aromatic heterocycles. The maximum absolute atomic E-state index is 12.6. The number of methoxy groups -OCH3 is 1. The molecule has 0 spiro atoms. The fourth-order valence-electron chi connectivity index (χ4n) is 2.52. The van der Waals surface area contributed by atoms with Crippen LogP contribution in [0, 0.1) is 0 Å². The van der Waals surface area contributed by atoms with Gasteiger partial charge in [-0.15, -0.1) is 0 Å². The Balaban J connectivity index is 2.09. The summed E-state index contributed by atoms with van der Waals surface area (Å²) < 4.78 is 5.23. The van der Waals surface area contributed by atoms with Crippen molar-refractivity contribution in [2.24, 2.45) is 0 Å². The van der Waals surface area contributed by atoms with Gasteiger partial charge in [0, 0.05) is 20.1 Å². The quantitative estimate of drug-likeness (QED) is 0.831. The molecule has 0 N–H and O–H groups in total. The van der Waals surface area contributed by atoms with Crippen LogP contribution in [0.25, 0.3) is 0 Å². The van der Waals surface area contributed by atoms with Crippen LogP contribution in [-0.2, 0) is 0 Å². The zero-order chi connectivity index (χ0) is 15.4. The Kier molecular flexibility index (Phi) is 5.73. The fourth-order valence-corrected chi connectivity index (χ4v) is 2.99. The van der Waals surface area contributed by atoms with Gasteiger partial charge in [-0.3, -0.25) is 4.79 Å². The Labute approximate surface area is 135 Å². The van der Waals surface area contributed by atoms with E-state index < -0.39 is 0 Å². The summed E-state index contributed by atoms with van der Waals surface area (Å²) in [4.78, 5) is 16.6. The first-order valence-corrected chi connectivity index (χ1v) is 7.80. The molecule has 1 aromatic rings. The normalized spacial score (nSPS) is 15.2. The standard InChI is InChI=1S/C15H20Cl2N2O2/c1-18(9-10-19-7-3-4-8-19)15(20)13-11(16)5-6-12(17)14(13)21-2/h5-6H,3-4,7-10H2,1-2H3. The highest BCUT2D eigenvalue weighted by Gasteiger charge is 2.23. The first-order chi connectivity index (χ1) is 10.0. The molecular formula is C15H20Cl2N2O2. The molecule has 0 aliphatic carbocycles. The predicted octanol–water partition coefficient (Wildman–Crippen LogP) is 3.17.